The van der Waals surface area contributed by atoms with Gasteiger partial charge in [-0.15, -0.1) is 29.7 Å². The van der Waals surface area contributed by atoms with Crippen LogP contribution in [0.5, 0.6) is 11.5 Å². The molecule has 0 aliphatic carbocycles. The molecule has 0 saturated heterocycles. The van der Waals surface area contributed by atoms with E-state index in [1.807, 2.05) is 30.5 Å². The van der Waals surface area contributed by atoms with Crippen LogP contribution in [0.3, 0.4) is 0 Å². The molecule has 0 saturated carbocycles. The molecule has 1 aliphatic heterocycles. The summed E-state index contributed by atoms with van der Waals surface area (Å²) in [4.78, 5) is 4.95. The number of imidazole rings is 1. The molecule has 89 heavy (non-hydrogen) atoms. The summed E-state index contributed by atoms with van der Waals surface area (Å²) in [6.45, 7) is 27.6. The summed E-state index contributed by atoms with van der Waals surface area (Å²) in [5.41, 5.74) is 23.3. The number of benzene rings is 10. The molecule has 0 fully saturated rings. The van der Waals surface area contributed by atoms with Crippen molar-refractivity contribution in [3.63, 3.8) is 0 Å². The smallest absolute Gasteiger partial charge is 0.268 e. The fraction of sp³-hybridized carbons (Fsp3) is 0.195. The molecule has 0 unspecified atom stereocenters. The first-order chi connectivity index (χ1) is 42.1. The third-order valence-electron chi connectivity index (χ3n) is 18.0. The van der Waals surface area contributed by atoms with Crippen molar-refractivity contribution >= 4 is 54.8 Å². The van der Waals surface area contributed by atoms with Gasteiger partial charge in [0, 0.05) is 55.1 Å². The third-order valence-corrected chi connectivity index (χ3v) is 18.0. The minimum Gasteiger partial charge on any atom is -0.510 e. The molecule has 7 heteroatoms. The molecule has 10 aromatic carbocycles. The number of ether oxygens (including phenoxy) is 1. The van der Waals surface area contributed by atoms with Gasteiger partial charge in [-0.05, 0) is 153 Å². The monoisotopic (exact) mass is 1340 g/mol. The van der Waals surface area contributed by atoms with E-state index in [0.717, 1.165) is 116 Å². The van der Waals surface area contributed by atoms with Gasteiger partial charge in [-0.25, -0.2) is 4.98 Å². The molecule has 0 amide bonds. The van der Waals surface area contributed by atoms with Crippen molar-refractivity contribution < 1.29 is 34.8 Å². The van der Waals surface area contributed by atoms with Crippen LogP contribution in [0.15, 0.2) is 211 Å². The van der Waals surface area contributed by atoms with E-state index < -0.39 is 0 Å². The van der Waals surface area contributed by atoms with Crippen LogP contribution in [0.25, 0.3) is 128 Å². The SMILES string of the molecule is CC(C)(C)c1cc(-c2cccc3c2-[n+]2[c-]n(-c4[c-]c(Oc5[c-]c6c(cc5)c5ccccc5n6-c5cc(C(C)(C)C)ccn5)ccc4)c4cc(-c5ccc6oc7ccccc7c6c5)cc(c42)-c2ccccc2-c2ccc(C(C)(C)C)cc2-3)cc(C(C)(C)C)c1.[Pt]. The van der Waals surface area contributed by atoms with Crippen LogP contribution in [0.4, 0.5) is 0 Å². The Bertz CT molecular complexity index is 5150. The van der Waals surface area contributed by atoms with Crippen molar-refractivity contribution in [2.45, 2.75) is 105 Å². The van der Waals surface area contributed by atoms with Gasteiger partial charge < -0.3 is 18.3 Å². The van der Waals surface area contributed by atoms with E-state index in [2.05, 4.69) is 291 Å². The number of hydrogen-bond acceptors (Lipinski definition) is 3. The summed E-state index contributed by atoms with van der Waals surface area (Å²) in [6.07, 6.45) is 6.03. The van der Waals surface area contributed by atoms with E-state index in [0.29, 0.717) is 11.5 Å². The average molecular weight is 1340 g/mol. The van der Waals surface area contributed by atoms with E-state index in [4.69, 9.17) is 14.1 Å². The maximum absolute atomic E-state index is 6.96. The third kappa shape index (κ3) is 9.92. The first-order valence-electron chi connectivity index (χ1n) is 30.8. The number of pyridine rings is 1. The van der Waals surface area contributed by atoms with E-state index in [1.54, 1.807) is 0 Å². The van der Waals surface area contributed by atoms with Gasteiger partial charge in [0.05, 0.1) is 16.7 Å². The molecule has 0 bridgehead atoms. The maximum atomic E-state index is 6.96. The van der Waals surface area contributed by atoms with Crippen LogP contribution in [0.1, 0.15) is 105 Å². The molecule has 1 aliphatic rings. The van der Waals surface area contributed by atoms with Crippen LogP contribution >= 0.6 is 0 Å². The molecule has 0 N–H and O–H groups in total. The summed E-state index contributed by atoms with van der Waals surface area (Å²) < 4.78 is 20.2. The molecule has 4 aromatic heterocycles. The van der Waals surface area contributed by atoms with Gasteiger partial charge in [-0.3, -0.25) is 4.57 Å². The molecular formula is C82H70N4O2Pt-2. The number of rotatable bonds is 6. The standard InChI is InChI=1S/C82H70N4O2.Pt/c1-79(2,3)53-32-34-63-61-23-13-14-24-62(61)70-42-51(50-31-36-75-69(41-50)66-26-16-18-30-74(66)88-75)43-73-78(70)85(77-60(27-20-28-67(77)68(63)45-53)52-39-55(81(7,8)9)44-56(40-52)82(10,11)12)49-84(73)57-21-19-22-58(47-57)87-59-33-35-65-64-25-15-17-29-71(64)86(72(65)48-59)76-46-54(37-38-83-76)80(4,5)6;/h13-46H,1-12H3;/q-2;. The van der Waals surface area contributed by atoms with Gasteiger partial charge in [0.25, 0.3) is 6.33 Å². The van der Waals surface area contributed by atoms with Crippen LogP contribution in [0, 0.1) is 18.5 Å². The van der Waals surface area contributed by atoms with Gasteiger partial charge in [0.1, 0.15) is 17.0 Å². The Labute approximate surface area is 536 Å². The van der Waals surface area contributed by atoms with Crippen molar-refractivity contribution in [1.29, 1.82) is 0 Å². The Balaban J connectivity index is 0.00000694. The Morgan fingerprint density at radius 1 is 0.416 bits per heavy atom. The molecule has 442 valence electrons. The van der Waals surface area contributed by atoms with Gasteiger partial charge in [-0.1, -0.05) is 216 Å². The predicted octanol–water partition coefficient (Wildman–Crippen LogP) is 21.3. The number of aromatic nitrogens is 4. The van der Waals surface area contributed by atoms with Crippen LogP contribution in [-0.4, -0.2) is 14.1 Å². The molecule has 15 rings (SSSR count). The average Bonchev–Trinajstić information content (AvgIpc) is 1.67. The molecule has 6 nitrogen and oxygen atoms in total. The maximum Gasteiger partial charge on any atom is 0.268 e. The van der Waals surface area contributed by atoms with Crippen molar-refractivity contribution in [1.82, 2.24) is 14.1 Å². The van der Waals surface area contributed by atoms with Crippen molar-refractivity contribution in [2.75, 3.05) is 0 Å². The Morgan fingerprint density at radius 3 is 1.80 bits per heavy atom. The van der Waals surface area contributed by atoms with E-state index in [-0.39, 0.29) is 42.7 Å². The van der Waals surface area contributed by atoms with Gasteiger partial charge in [0.15, 0.2) is 0 Å². The topological polar surface area (TPSA) is 49.0 Å². The normalized spacial score (nSPS) is 12.6. The van der Waals surface area contributed by atoms with Crippen molar-refractivity contribution in [3.05, 3.63) is 247 Å². The number of para-hydroxylation sites is 3. The minimum atomic E-state index is -0.122. The summed E-state index contributed by atoms with van der Waals surface area (Å²) in [6, 6.07) is 80.5. The van der Waals surface area contributed by atoms with Crippen LogP contribution < -0.4 is 9.30 Å². The second kappa shape index (κ2) is 21.0. The summed E-state index contributed by atoms with van der Waals surface area (Å²) in [5.74, 6) is 1.95. The Hall–Kier alpha value is -9.09. The molecule has 5 heterocycles. The van der Waals surface area contributed by atoms with Crippen LogP contribution in [0.2, 0.25) is 0 Å². The number of hydrogen-bond donors (Lipinski definition) is 0. The zero-order valence-electron chi connectivity index (χ0n) is 52.6. The van der Waals surface area contributed by atoms with Crippen LogP contribution in [-0.2, 0) is 42.7 Å². The predicted molar refractivity (Wildman–Crippen MR) is 363 cm³/mol. The fourth-order valence-electron chi connectivity index (χ4n) is 13.1. The molecule has 0 spiro atoms. The van der Waals surface area contributed by atoms with Crippen molar-refractivity contribution in [2.24, 2.45) is 0 Å². The quantitative estimate of drug-likeness (QED) is 0.123. The second-order valence-corrected chi connectivity index (χ2v) is 28.1. The number of nitrogens with zero attached hydrogens (tertiary/aromatic N) is 4. The number of fused-ring (bicyclic) bond motifs is 13. The Kier molecular flexibility index (Phi) is 13.6. The summed E-state index contributed by atoms with van der Waals surface area (Å²) >= 11 is 0. The Morgan fingerprint density at radius 2 is 1.04 bits per heavy atom. The van der Waals surface area contributed by atoms with Gasteiger partial charge in [0.2, 0.25) is 0 Å². The summed E-state index contributed by atoms with van der Waals surface area (Å²) in [5, 5.41) is 4.35. The summed E-state index contributed by atoms with van der Waals surface area (Å²) in [7, 11) is 0. The van der Waals surface area contributed by atoms with Gasteiger partial charge in [-0.2, -0.15) is 18.2 Å². The molecule has 14 aromatic rings. The molecular weight excluding hydrogens is 1270 g/mol. The van der Waals surface area contributed by atoms with E-state index >= 15 is 0 Å². The van der Waals surface area contributed by atoms with E-state index in [9.17, 15) is 0 Å². The second-order valence-electron chi connectivity index (χ2n) is 28.1. The van der Waals surface area contributed by atoms with Crippen molar-refractivity contribution in [3.8, 4) is 84.3 Å². The van der Waals surface area contributed by atoms with Gasteiger partial charge >= 0.3 is 0 Å². The first-order valence-corrected chi connectivity index (χ1v) is 30.8. The zero-order valence-corrected chi connectivity index (χ0v) is 54.8. The number of furan rings is 1. The fourth-order valence-corrected chi connectivity index (χ4v) is 13.1. The van der Waals surface area contributed by atoms with E-state index in [1.165, 1.54) is 33.4 Å². The minimum absolute atomic E-state index is 0. The zero-order chi connectivity index (χ0) is 60.8. The molecule has 0 atom stereocenters. The largest absolute Gasteiger partial charge is 0.510 e. The molecule has 0 radical (unpaired) electrons. The first kappa shape index (κ1) is 57.6.